The molecule has 0 fully saturated rings. The van der Waals surface area contributed by atoms with Gasteiger partial charge in [0.15, 0.2) is 0 Å². The van der Waals surface area contributed by atoms with Gasteiger partial charge in [-0.15, -0.1) is 0 Å². The summed E-state index contributed by atoms with van der Waals surface area (Å²) in [5.41, 5.74) is 1.74. The highest BCUT2D eigenvalue weighted by Gasteiger charge is 2.09. The molecule has 0 atom stereocenters. The molecule has 0 bridgehead atoms. The van der Waals surface area contributed by atoms with E-state index in [1.165, 1.54) is 0 Å². The van der Waals surface area contributed by atoms with Crippen molar-refractivity contribution < 1.29 is 9.15 Å². The molecule has 3 aromatic rings. The molecule has 0 saturated carbocycles. The maximum absolute atomic E-state index is 6.16. The van der Waals surface area contributed by atoms with Crippen molar-refractivity contribution in [2.75, 3.05) is 17.7 Å². The zero-order chi connectivity index (χ0) is 17.8. The molecule has 0 aliphatic carbocycles. The number of aryl methyl sites for hydroxylation is 2. The molecule has 0 amide bonds. The molecule has 0 unspecified atom stereocenters. The Hall–Kier alpha value is -2.73. The molecule has 1 aromatic carbocycles. The van der Waals surface area contributed by atoms with Gasteiger partial charge in [0.1, 0.15) is 29.0 Å². The molecule has 6 nitrogen and oxygen atoms in total. The van der Waals surface area contributed by atoms with E-state index in [0.29, 0.717) is 34.8 Å². The van der Waals surface area contributed by atoms with Crippen LogP contribution in [-0.4, -0.2) is 17.1 Å². The monoisotopic (exact) mass is 358 g/mol. The second kappa shape index (κ2) is 7.44. The van der Waals surface area contributed by atoms with Crippen molar-refractivity contribution in [3.8, 4) is 5.75 Å². The summed E-state index contributed by atoms with van der Waals surface area (Å²) >= 11 is 6.16. The average Bonchev–Trinajstić information content (AvgIpc) is 3.09. The molecule has 25 heavy (non-hydrogen) atoms. The molecule has 2 N–H and O–H groups in total. The van der Waals surface area contributed by atoms with Crippen molar-refractivity contribution in [1.29, 1.82) is 0 Å². The molecular formula is C18H19ClN4O2. The predicted octanol–water partition coefficient (Wildman–Crippen LogP) is 4.70. The summed E-state index contributed by atoms with van der Waals surface area (Å²) in [6.07, 6.45) is 1.64. The highest BCUT2D eigenvalue weighted by molar-refractivity contribution is 6.31. The van der Waals surface area contributed by atoms with Crippen molar-refractivity contribution in [2.24, 2.45) is 0 Å². The Bertz CT molecular complexity index is 866. The van der Waals surface area contributed by atoms with Crippen molar-refractivity contribution in [2.45, 2.75) is 20.4 Å². The van der Waals surface area contributed by atoms with E-state index in [2.05, 4.69) is 20.6 Å². The fraction of sp³-hybridized carbons (Fsp3) is 0.222. The normalized spacial score (nSPS) is 10.6. The molecule has 2 aromatic heterocycles. The third kappa shape index (κ3) is 4.22. The van der Waals surface area contributed by atoms with Crippen LogP contribution in [0, 0.1) is 13.8 Å². The Kier molecular flexibility index (Phi) is 5.09. The van der Waals surface area contributed by atoms with Gasteiger partial charge in [0.25, 0.3) is 0 Å². The van der Waals surface area contributed by atoms with Gasteiger partial charge < -0.3 is 19.8 Å². The minimum Gasteiger partial charge on any atom is -0.495 e. The molecule has 7 heteroatoms. The van der Waals surface area contributed by atoms with E-state index in [1.54, 1.807) is 19.4 Å². The number of hydrogen-bond donors (Lipinski definition) is 2. The number of nitrogens with one attached hydrogen (secondary N) is 2. The molecule has 0 spiro atoms. The smallest absolute Gasteiger partial charge is 0.143 e. The average molecular weight is 359 g/mol. The van der Waals surface area contributed by atoms with Crippen LogP contribution in [0.25, 0.3) is 0 Å². The minimum atomic E-state index is 0.548. The molecule has 0 saturated heterocycles. The van der Waals surface area contributed by atoms with Crippen molar-refractivity contribution >= 4 is 28.9 Å². The van der Waals surface area contributed by atoms with Crippen LogP contribution < -0.4 is 15.4 Å². The summed E-state index contributed by atoms with van der Waals surface area (Å²) < 4.78 is 10.7. The van der Waals surface area contributed by atoms with Crippen molar-refractivity contribution in [3.63, 3.8) is 0 Å². The van der Waals surface area contributed by atoms with Crippen LogP contribution in [-0.2, 0) is 6.54 Å². The number of methoxy groups -OCH3 is 1. The first-order valence-electron chi connectivity index (χ1n) is 7.78. The van der Waals surface area contributed by atoms with Crippen LogP contribution in [0.1, 0.15) is 17.1 Å². The topological polar surface area (TPSA) is 72.2 Å². The summed E-state index contributed by atoms with van der Waals surface area (Å²) in [6.45, 7) is 4.33. The van der Waals surface area contributed by atoms with Gasteiger partial charge in [-0.3, -0.25) is 0 Å². The predicted molar refractivity (Wildman–Crippen MR) is 98.8 cm³/mol. The number of hydrogen-bond acceptors (Lipinski definition) is 6. The molecular weight excluding hydrogens is 340 g/mol. The van der Waals surface area contributed by atoms with E-state index in [0.717, 1.165) is 17.0 Å². The van der Waals surface area contributed by atoms with Crippen molar-refractivity contribution in [1.82, 2.24) is 9.97 Å². The maximum Gasteiger partial charge on any atom is 0.143 e. The number of nitrogens with zero attached hydrogens (tertiary/aromatic N) is 2. The van der Waals surface area contributed by atoms with Crippen LogP contribution in [0.15, 0.2) is 41.0 Å². The maximum atomic E-state index is 6.16. The first kappa shape index (κ1) is 17.1. The van der Waals surface area contributed by atoms with Gasteiger partial charge in [0.05, 0.1) is 25.6 Å². The number of benzene rings is 1. The summed E-state index contributed by atoms with van der Waals surface area (Å²) in [5, 5.41) is 7.15. The third-order valence-electron chi connectivity index (χ3n) is 3.61. The molecule has 0 aliphatic heterocycles. The quantitative estimate of drug-likeness (QED) is 0.665. The van der Waals surface area contributed by atoms with Gasteiger partial charge in [-0.1, -0.05) is 11.6 Å². The van der Waals surface area contributed by atoms with E-state index in [1.807, 2.05) is 38.1 Å². The van der Waals surface area contributed by atoms with Gasteiger partial charge in [0, 0.05) is 17.2 Å². The first-order valence-corrected chi connectivity index (χ1v) is 8.16. The Morgan fingerprint density at radius 3 is 2.68 bits per heavy atom. The van der Waals surface area contributed by atoms with E-state index in [4.69, 9.17) is 20.8 Å². The first-order chi connectivity index (χ1) is 12.0. The number of furan rings is 1. The molecule has 2 heterocycles. The standard InChI is InChI=1S/C18H19ClN4O2/c1-11-7-15(16(24-3)8-14(11)19)23-18-9-17(21-12(2)22-18)20-10-13-5-4-6-25-13/h4-9H,10H2,1-3H3,(H2,20,21,22,23). The van der Waals surface area contributed by atoms with E-state index >= 15 is 0 Å². The SMILES string of the molecule is COc1cc(Cl)c(C)cc1Nc1cc(NCc2ccco2)nc(C)n1. The minimum absolute atomic E-state index is 0.548. The largest absolute Gasteiger partial charge is 0.495 e. The fourth-order valence-corrected chi connectivity index (χ4v) is 2.53. The van der Waals surface area contributed by atoms with Crippen LogP contribution in [0.4, 0.5) is 17.3 Å². The third-order valence-corrected chi connectivity index (χ3v) is 4.01. The van der Waals surface area contributed by atoms with Crippen LogP contribution >= 0.6 is 11.6 Å². The molecule has 0 aliphatic rings. The highest BCUT2D eigenvalue weighted by atomic mass is 35.5. The number of ether oxygens (including phenoxy) is 1. The lowest BCUT2D eigenvalue weighted by Crippen LogP contribution is -2.05. The number of rotatable bonds is 6. The lowest BCUT2D eigenvalue weighted by atomic mass is 10.2. The number of halogens is 1. The van der Waals surface area contributed by atoms with Gasteiger partial charge in [-0.2, -0.15) is 0 Å². The van der Waals surface area contributed by atoms with Crippen LogP contribution in [0.3, 0.4) is 0 Å². The Balaban J connectivity index is 1.82. The number of anilines is 3. The second-order valence-corrected chi connectivity index (χ2v) is 5.95. The zero-order valence-corrected chi connectivity index (χ0v) is 15.0. The molecule has 130 valence electrons. The van der Waals surface area contributed by atoms with Gasteiger partial charge >= 0.3 is 0 Å². The summed E-state index contributed by atoms with van der Waals surface area (Å²) in [5.74, 6) is 3.50. The fourth-order valence-electron chi connectivity index (χ4n) is 2.38. The summed E-state index contributed by atoms with van der Waals surface area (Å²) in [6, 6.07) is 9.29. The Labute approximate surface area is 151 Å². The lowest BCUT2D eigenvalue weighted by molar-refractivity contribution is 0.416. The van der Waals surface area contributed by atoms with Crippen LogP contribution in [0.5, 0.6) is 5.75 Å². The highest BCUT2D eigenvalue weighted by Crippen LogP contribution is 2.33. The Morgan fingerprint density at radius 1 is 1.16 bits per heavy atom. The van der Waals surface area contributed by atoms with E-state index < -0.39 is 0 Å². The molecule has 3 rings (SSSR count). The van der Waals surface area contributed by atoms with E-state index in [9.17, 15) is 0 Å². The van der Waals surface area contributed by atoms with Gasteiger partial charge in [-0.05, 0) is 37.6 Å². The lowest BCUT2D eigenvalue weighted by Gasteiger charge is -2.14. The van der Waals surface area contributed by atoms with E-state index in [-0.39, 0.29) is 0 Å². The van der Waals surface area contributed by atoms with Crippen LogP contribution in [0.2, 0.25) is 5.02 Å². The zero-order valence-electron chi connectivity index (χ0n) is 14.3. The summed E-state index contributed by atoms with van der Waals surface area (Å²) in [7, 11) is 1.60. The molecule has 0 radical (unpaired) electrons. The Morgan fingerprint density at radius 2 is 1.96 bits per heavy atom. The van der Waals surface area contributed by atoms with Crippen molar-refractivity contribution in [3.05, 3.63) is 58.8 Å². The van der Waals surface area contributed by atoms with Gasteiger partial charge in [-0.25, -0.2) is 9.97 Å². The summed E-state index contributed by atoms with van der Waals surface area (Å²) in [4.78, 5) is 8.82. The van der Waals surface area contributed by atoms with Gasteiger partial charge in [0.2, 0.25) is 0 Å². The number of aromatic nitrogens is 2. The second-order valence-electron chi connectivity index (χ2n) is 5.55.